The molecule has 0 spiro atoms. The van der Waals surface area contributed by atoms with Gasteiger partial charge in [0, 0.05) is 0 Å². The number of rotatable bonds is 12. The first-order valence-corrected chi connectivity index (χ1v) is 9.04. The van der Waals surface area contributed by atoms with Gasteiger partial charge in [0.1, 0.15) is 18.5 Å². The van der Waals surface area contributed by atoms with Gasteiger partial charge in [-0.25, -0.2) is 0 Å². The highest BCUT2D eigenvalue weighted by Gasteiger charge is 2.11. The minimum absolute atomic E-state index is 0.200. The SMILES string of the molecule is CCCC[C@H](O)[C@H](O)/C=C/C=C/C=C\C=C\[C@H](O)COc1ccccc1. The molecule has 0 fully saturated rings. The van der Waals surface area contributed by atoms with Crippen molar-refractivity contribution < 1.29 is 20.1 Å². The van der Waals surface area contributed by atoms with Crippen molar-refractivity contribution in [3.63, 3.8) is 0 Å². The van der Waals surface area contributed by atoms with Crippen LogP contribution in [0.15, 0.2) is 78.9 Å². The summed E-state index contributed by atoms with van der Waals surface area (Å²) in [7, 11) is 0. The van der Waals surface area contributed by atoms with Gasteiger partial charge >= 0.3 is 0 Å². The van der Waals surface area contributed by atoms with Gasteiger partial charge in [-0.2, -0.15) is 0 Å². The summed E-state index contributed by atoms with van der Waals surface area (Å²) in [4.78, 5) is 0. The molecule has 0 saturated heterocycles. The number of hydrogen-bond donors (Lipinski definition) is 3. The fourth-order valence-corrected chi connectivity index (χ4v) is 2.09. The second-order valence-corrected chi connectivity index (χ2v) is 5.93. The number of unbranched alkanes of at least 4 members (excludes halogenated alkanes) is 1. The Kier molecular flexibility index (Phi) is 11.9. The molecule has 1 rings (SSSR count). The highest BCUT2D eigenvalue weighted by molar-refractivity contribution is 5.21. The molecular formula is C22H30O4. The van der Waals surface area contributed by atoms with Gasteiger partial charge in [-0.15, -0.1) is 0 Å². The van der Waals surface area contributed by atoms with Crippen molar-refractivity contribution >= 4 is 0 Å². The summed E-state index contributed by atoms with van der Waals surface area (Å²) in [5.74, 6) is 0.729. The van der Waals surface area contributed by atoms with Crippen molar-refractivity contribution in [2.24, 2.45) is 0 Å². The lowest BCUT2D eigenvalue weighted by atomic mass is 10.1. The average molecular weight is 358 g/mol. The van der Waals surface area contributed by atoms with E-state index in [1.165, 1.54) is 0 Å². The van der Waals surface area contributed by atoms with E-state index in [0.717, 1.165) is 18.6 Å². The Labute approximate surface area is 156 Å². The summed E-state index contributed by atoms with van der Waals surface area (Å²) in [6.45, 7) is 2.25. The van der Waals surface area contributed by atoms with Gasteiger partial charge < -0.3 is 20.1 Å². The highest BCUT2D eigenvalue weighted by Crippen LogP contribution is 2.08. The van der Waals surface area contributed by atoms with E-state index in [2.05, 4.69) is 0 Å². The number of hydrogen-bond acceptors (Lipinski definition) is 4. The van der Waals surface area contributed by atoms with E-state index in [4.69, 9.17) is 4.74 Å². The van der Waals surface area contributed by atoms with Crippen LogP contribution in [-0.4, -0.2) is 40.2 Å². The molecule has 0 saturated carbocycles. The average Bonchev–Trinajstić information content (AvgIpc) is 2.67. The van der Waals surface area contributed by atoms with Crippen molar-refractivity contribution in [1.29, 1.82) is 0 Å². The third kappa shape index (κ3) is 10.7. The van der Waals surface area contributed by atoms with Crippen molar-refractivity contribution in [3.8, 4) is 5.75 Å². The van der Waals surface area contributed by atoms with Crippen LogP contribution in [0.1, 0.15) is 26.2 Å². The summed E-state index contributed by atoms with van der Waals surface area (Å²) in [5, 5.41) is 29.2. The molecule has 0 bridgehead atoms. The molecule has 0 aliphatic carbocycles. The Morgan fingerprint density at radius 2 is 1.50 bits per heavy atom. The zero-order valence-electron chi connectivity index (χ0n) is 15.3. The molecule has 3 atom stereocenters. The molecule has 4 heteroatoms. The minimum Gasteiger partial charge on any atom is -0.491 e. The summed E-state index contributed by atoms with van der Waals surface area (Å²) in [5.41, 5.74) is 0. The van der Waals surface area contributed by atoms with Gasteiger partial charge in [0.05, 0.1) is 12.2 Å². The standard InChI is InChI=1S/C22H30O4/c1-2-3-16-21(24)22(25)17-12-7-5-4-6-9-13-19(23)18-26-20-14-10-8-11-15-20/h4-15,17,19,21-25H,2-3,16,18H2,1H3/b6-4-,7-5+,13-9+,17-12+/t19-,21-,22+/m0/s1. The second kappa shape index (κ2) is 14.1. The van der Waals surface area contributed by atoms with E-state index < -0.39 is 18.3 Å². The monoisotopic (exact) mass is 358 g/mol. The van der Waals surface area contributed by atoms with E-state index in [1.807, 2.05) is 43.3 Å². The highest BCUT2D eigenvalue weighted by atomic mass is 16.5. The molecule has 0 aliphatic heterocycles. The molecule has 0 radical (unpaired) electrons. The van der Waals surface area contributed by atoms with Crippen LogP contribution < -0.4 is 4.74 Å². The van der Waals surface area contributed by atoms with Crippen LogP contribution in [0.2, 0.25) is 0 Å². The predicted molar refractivity (Wildman–Crippen MR) is 106 cm³/mol. The third-order valence-corrected chi connectivity index (χ3v) is 3.61. The number of aliphatic hydroxyl groups excluding tert-OH is 3. The largest absolute Gasteiger partial charge is 0.491 e. The molecular weight excluding hydrogens is 328 g/mol. The molecule has 0 unspecified atom stereocenters. The van der Waals surface area contributed by atoms with Crippen LogP contribution in [0.4, 0.5) is 0 Å². The third-order valence-electron chi connectivity index (χ3n) is 3.61. The van der Waals surface area contributed by atoms with Gasteiger partial charge in [0.25, 0.3) is 0 Å². The van der Waals surface area contributed by atoms with E-state index in [9.17, 15) is 15.3 Å². The Hall–Kier alpha value is -2.14. The Morgan fingerprint density at radius 1 is 0.885 bits per heavy atom. The van der Waals surface area contributed by atoms with E-state index in [0.29, 0.717) is 6.42 Å². The van der Waals surface area contributed by atoms with Gasteiger partial charge in [0.15, 0.2) is 0 Å². The van der Waals surface area contributed by atoms with Gasteiger partial charge in [-0.05, 0) is 18.6 Å². The Morgan fingerprint density at radius 3 is 2.15 bits per heavy atom. The normalized spacial score (nSPS) is 16.0. The summed E-state index contributed by atoms with van der Waals surface area (Å²) >= 11 is 0. The van der Waals surface area contributed by atoms with Gasteiger partial charge in [-0.3, -0.25) is 0 Å². The Bertz CT molecular complexity index is 575. The number of benzene rings is 1. The van der Waals surface area contributed by atoms with Crippen LogP contribution in [0, 0.1) is 0 Å². The van der Waals surface area contributed by atoms with E-state index >= 15 is 0 Å². The van der Waals surface area contributed by atoms with Crippen molar-refractivity contribution in [2.75, 3.05) is 6.61 Å². The quantitative estimate of drug-likeness (QED) is 0.500. The number of ether oxygens (including phenoxy) is 1. The molecule has 142 valence electrons. The molecule has 26 heavy (non-hydrogen) atoms. The van der Waals surface area contributed by atoms with Crippen LogP contribution in [-0.2, 0) is 0 Å². The lowest BCUT2D eigenvalue weighted by Crippen LogP contribution is -2.23. The molecule has 4 nitrogen and oxygen atoms in total. The maximum Gasteiger partial charge on any atom is 0.119 e. The van der Waals surface area contributed by atoms with Crippen molar-refractivity contribution in [2.45, 2.75) is 44.5 Å². The first kappa shape index (κ1) is 21.9. The summed E-state index contributed by atoms with van der Waals surface area (Å²) in [6, 6.07) is 9.35. The van der Waals surface area contributed by atoms with Crippen molar-refractivity contribution in [1.82, 2.24) is 0 Å². The zero-order valence-corrected chi connectivity index (χ0v) is 15.3. The van der Waals surface area contributed by atoms with Gasteiger partial charge in [-0.1, -0.05) is 86.6 Å². The van der Waals surface area contributed by atoms with Crippen LogP contribution in [0.25, 0.3) is 0 Å². The van der Waals surface area contributed by atoms with Crippen LogP contribution in [0.5, 0.6) is 5.75 Å². The predicted octanol–water partition coefficient (Wildman–Crippen LogP) is 3.56. The summed E-state index contributed by atoms with van der Waals surface area (Å²) < 4.78 is 5.45. The number of aliphatic hydroxyl groups is 3. The maximum atomic E-state index is 9.80. The summed E-state index contributed by atoms with van der Waals surface area (Å²) in [6.07, 6.45) is 14.1. The van der Waals surface area contributed by atoms with Crippen LogP contribution >= 0.6 is 0 Å². The molecule has 1 aromatic carbocycles. The van der Waals surface area contributed by atoms with Crippen molar-refractivity contribution in [3.05, 3.63) is 78.9 Å². The van der Waals surface area contributed by atoms with Gasteiger partial charge in [0.2, 0.25) is 0 Å². The number of para-hydroxylation sites is 1. The van der Waals surface area contributed by atoms with E-state index in [1.54, 1.807) is 42.5 Å². The lowest BCUT2D eigenvalue weighted by Gasteiger charge is -2.13. The fraction of sp³-hybridized carbons (Fsp3) is 0.364. The fourth-order valence-electron chi connectivity index (χ4n) is 2.09. The van der Waals surface area contributed by atoms with Crippen LogP contribution in [0.3, 0.4) is 0 Å². The molecule has 0 amide bonds. The first-order chi connectivity index (χ1) is 12.6. The maximum absolute atomic E-state index is 9.80. The zero-order chi connectivity index (χ0) is 19.0. The Balaban J connectivity index is 2.23. The topological polar surface area (TPSA) is 69.9 Å². The lowest BCUT2D eigenvalue weighted by molar-refractivity contribution is 0.0418. The minimum atomic E-state index is -0.838. The molecule has 0 aromatic heterocycles. The molecule has 3 N–H and O–H groups in total. The number of allylic oxidation sites excluding steroid dienone is 6. The van der Waals surface area contributed by atoms with E-state index in [-0.39, 0.29) is 6.61 Å². The second-order valence-electron chi connectivity index (χ2n) is 5.93. The molecule has 0 aliphatic rings. The molecule has 1 aromatic rings. The first-order valence-electron chi connectivity index (χ1n) is 9.04. The smallest absolute Gasteiger partial charge is 0.119 e. The molecule has 0 heterocycles.